The minimum atomic E-state index is -1.07. The summed E-state index contributed by atoms with van der Waals surface area (Å²) in [6.45, 7) is 4.20. The molecule has 0 radical (unpaired) electrons. The maximum absolute atomic E-state index is 12.4. The van der Waals surface area contributed by atoms with Gasteiger partial charge in [0.25, 0.3) is 0 Å². The average Bonchev–Trinajstić information content (AvgIpc) is 2.98. The van der Waals surface area contributed by atoms with E-state index in [0.717, 1.165) is 32.1 Å². The number of aliphatic hydroxyl groups is 3. The number of rotatable bonds is 32. The fourth-order valence-corrected chi connectivity index (χ4v) is 5.48. The molecule has 3 unspecified atom stereocenters. The van der Waals surface area contributed by atoms with Gasteiger partial charge in [0.15, 0.2) is 0 Å². The van der Waals surface area contributed by atoms with Crippen LogP contribution in [0.25, 0.3) is 0 Å². The fourth-order valence-electron chi connectivity index (χ4n) is 5.48. The lowest BCUT2D eigenvalue weighted by molar-refractivity contribution is -0.131. The van der Waals surface area contributed by atoms with Gasteiger partial charge in [-0.15, -0.1) is 0 Å². The standard InChI is InChI=1S/C36H71NO4/c1-3-5-7-9-11-13-15-16-17-18-19-21-23-25-27-29-31-35(40)36(41)37-33(32-38)34(39)30-28-26-24-22-20-14-12-10-8-6-4-2/h16-17,33-35,38-40H,3-15,18-32H2,1-2H3,(H,37,41)/b17-16-. The molecule has 0 fully saturated rings. The molecule has 0 bridgehead atoms. The van der Waals surface area contributed by atoms with Crippen molar-refractivity contribution >= 4 is 5.91 Å². The molecular weight excluding hydrogens is 510 g/mol. The smallest absolute Gasteiger partial charge is 0.249 e. The van der Waals surface area contributed by atoms with Gasteiger partial charge in [-0.2, -0.15) is 0 Å². The van der Waals surface area contributed by atoms with Crippen LogP contribution in [0.5, 0.6) is 0 Å². The molecule has 0 aliphatic heterocycles. The van der Waals surface area contributed by atoms with Crippen LogP contribution in [0.4, 0.5) is 0 Å². The lowest BCUT2D eigenvalue weighted by atomic mass is 10.0. The molecule has 5 nitrogen and oxygen atoms in total. The van der Waals surface area contributed by atoms with Crippen LogP contribution in [0.1, 0.15) is 187 Å². The number of aliphatic hydroxyl groups excluding tert-OH is 3. The van der Waals surface area contributed by atoms with Gasteiger partial charge in [-0.3, -0.25) is 4.79 Å². The maximum Gasteiger partial charge on any atom is 0.249 e. The molecule has 0 spiro atoms. The van der Waals surface area contributed by atoms with Crippen molar-refractivity contribution < 1.29 is 20.1 Å². The van der Waals surface area contributed by atoms with E-state index in [9.17, 15) is 20.1 Å². The monoisotopic (exact) mass is 582 g/mol. The molecule has 0 saturated carbocycles. The zero-order valence-electron chi connectivity index (χ0n) is 27.4. The maximum atomic E-state index is 12.4. The molecule has 1 amide bonds. The Morgan fingerprint density at radius 1 is 0.561 bits per heavy atom. The predicted octanol–water partition coefficient (Wildman–Crippen LogP) is 9.31. The number of allylic oxidation sites excluding steroid dienone is 2. The van der Waals surface area contributed by atoms with Crippen LogP contribution in [0.3, 0.4) is 0 Å². The summed E-state index contributed by atoms with van der Waals surface area (Å²) in [7, 11) is 0. The van der Waals surface area contributed by atoms with Gasteiger partial charge in [0.05, 0.1) is 18.8 Å². The molecular formula is C36H71NO4. The molecule has 0 aliphatic rings. The normalized spacial score (nSPS) is 14.0. The van der Waals surface area contributed by atoms with E-state index in [1.165, 1.54) is 128 Å². The van der Waals surface area contributed by atoms with E-state index in [1.807, 2.05) is 0 Å². The molecule has 4 N–H and O–H groups in total. The molecule has 3 atom stereocenters. The van der Waals surface area contributed by atoms with Crippen molar-refractivity contribution in [3.8, 4) is 0 Å². The molecule has 5 heteroatoms. The van der Waals surface area contributed by atoms with E-state index in [2.05, 4.69) is 31.3 Å². The zero-order valence-corrected chi connectivity index (χ0v) is 27.4. The predicted molar refractivity (Wildman–Crippen MR) is 176 cm³/mol. The Labute approximate surface area is 255 Å². The third-order valence-electron chi connectivity index (χ3n) is 8.38. The zero-order chi connectivity index (χ0) is 30.2. The van der Waals surface area contributed by atoms with Crippen molar-refractivity contribution in [2.24, 2.45) is 0 Å². The molecule has 0 aromatic rings. The molecule has 0 aromatic carbocycles. The fraction of sp³-hybridized carbons (Fsp3) is 0.917. The quantitative estimate of drug-likeness (QED) is 0.0471. The Hall–Kier alpha value is -0.910. The van der Waals surface area contributed by atoms with Crippen molar-refractivity contribution in [3.05, 3.63) is 12.2 Å². The Bertz CT molecular complexity index is 568. The largest absolute Gasteiger partial charge is 0.394 e. The summed E-state index contributed by atoms with van der Waals surface area (Å²) < 4.78 is 0. The molecule has 0 rings (SSSR count). The minimum Gasteiger partial charge on any atom is -0.394 e. The number of carbonyl (C=O) groups excluding carboxylic acids is 1. The Balaban J connectivity index is 3.70. The van der Waals surface area contributed by atoms with Gasteiger partial charge in [-0.1, -0.05) is 161 Å². The SMILES string of the molecule is CCCCCCCC/C=C\CCCCCCCCC(O)C(=O)NC(CO)C(O)CCCCCCCCCCCCC. The van der Waals surface area contributed by atoms with Gasteiger partial charge in [-0.25, -0.2) is 0 Å². The van der Waals surface area contributed by atoms with Gasteiger partial charge in [0.2, 0.25) is 5.91 Å². The third-order valence-corrected chi connectivity index (χ3v) is 8.38. The van der Waals surface area contributed by atoms with Crippen molar-refractivity contribution in [1.82, 2.24) is 5.32 Å². The Morgan fingerprint density at radius 3 is 1.34 bits per heavy atom. The Morgan fingerprint density at radius 2 is 0.927 bits per heavy atom. The van der Waals surface area contributed by atoms with E-state index >= 15 is 0 Å². The topological polar surface area (TPSA) is 89.8 Å². The Kier molecular flexibility index (Phi) is 31.3. The summed E-state index contributed by atoms with van der Waals surface area (Å²) >= 11 is 0. The first-order valence-electron chi connectivity index (χ1n) is 18.0. The molecule has 0 aromatic heterocycles. The molecule has 0 aliphatic carbocycles. The molecule has 0 heterocycles. The highest BCUT2D eigenvalue weighted by molar-refractivity contribution is 5.80. The number of hydrogen-bond donors (Lipinski definition) is 4. The highest BCUT2D eigenvalue weighted by Crippen LogP contribution is 2.15. The lowest BCUT2D eigenvalue weighted by Gasteiger charge is -2.23. The number of unbranched alkanes of at least 4 members (excludes halogenated alkanes) is 22. The summed E-state index contributed by atoms with van der Waals surface area (Å²) in [6.07, 6.45) is 34.7. The van der Waals surface area contributed by atoms with Crippen LogP contribution >= 0.6 is 0 Å². The van der Waals surface area contributed by atoms with Crippen molar-refractivity contribution in [2.45, 2.75) is 205 Å². The number of carbonyl (C=O) groups is 1. The van der Waals surface area contributed by atoms with Crippen LogP contribution < -0.4 is 5.32 Å². The lowest BCUT2D eigenvalue weighted by Crippen LogP contribution is -2.49. The first kappa shape index (κ1) is 40.1. The van der Waals surface area contributed by atoms with E-state index in [-0.39, 0.29) is 6.61 Å². The summed E-state index contributed by atoms with van der Waals surface area (Å²) in [5, 5.41) is 33.0. The minimum absolute atomic E-state index is 0.314. The van der Waals surface area contributed by atoms with Crippen molar-refractivity contribution in [3.63, 3.8) is 0 Å². The summed E-state index contributed by atoms with van der Waals surface area (Å²) in [5.41, 5.74) is 0. The third kappa shape index (κ3) is 27.7. The van der Waals surface area contributed by atoms with E-state index < -0.39 is 24.2 Å². The van der Waals surface area contributed by atoms with Crippen LogP contribution in [-0.2, 0) is 4.79 Å². The highest BCUT2D eigenvalue weighted by atomic mass is 16.3. The summed E-state index contributed by atoms with van der Waals surface area (Å²) in [4.78, 5) is 12.4. The second-order valence-electron chi connectivity index (χ2n) is 12.4. The number of nitrogens with one attached hydrogen (secondary N) is 1. The van der Waals surface area contributed by atoms with Crippen LogP contribution in [-0.4, -0.2) is 46.1 Å². The first-order valence-corrected chi connectivity index (χ1v) is 18.0. The molecule has 41 heavy (non-hydrogen) atoms. The average molecular weight is 582 g/mol. The van der Waals surface area contributed by atoms with E-state index in [1.54, 1.807) is 0 Å². The van der Waals surface area contributed by atoms with Crippen LogP contribution in [0.15, 0.2) is 12.2 Å². The highest BCUT2D eigenvalue weighted by Gasteiger charge is 2.23. The van der Waals surface area contributed by atoms with Gasteiger partial charge in [-0.05, 0) is 38.5 Å². The van der Waals surface area contributed by atoms with Crippen LogP contribution in [0.2, 0.25) is 0 Å². The van der Waals surface area contributed by atoms with Crippen molar-refractivity contribution in [2.75, 3.05) is 6.61 Å². The van der Waals surface area contributed by atoms with E-state index in [4.69, 9.17) is 0 Å². The molecule has 0 saturated heterocycles. The first-order chi connectivity index (χ1) is 20.1. The number of hydrogen-bond acceptors (Lipinski definition) is 4. The molecule has 244 valence electrons. The summed E-state index contributed by atoms with van der Waals surface area (Å²) in [5.74, 6) is -0.477. The van der Waals surface area contributed by atoms with Gasteiger partial charge >= 0.3 is 0 Å². The number of amides is 1. The van der Waals surface area contributed by atoms with Gasteiger partial charge in [0, 0.05) is 0 Å². The summed E-state index contributed by atoms with van der Waals surface area (Å²) in [6, 6.07) is -0.708. The second-order valence-corrected chi connectivity index (χ2v) is 12.4. The van der Waals surface area contributed by atoms with Gasteiger partial charge in [0.1, 0.15) is 6.10 Å². The van der Waals surface area contributed by atoms with E-state index in [0.29, 0.717) is 12.8 Å². The van der Waals surface area contributed by atoms with Crippen LogP contribution in [0, 0.1) is 0 Å². The second kappa shape index (κ2) is 32.0. The van der Waals surface area contributed by atoms with Gasteiger partial charge < -0.3 is 20.6 Å². The van der Waals surface area contributed by atoms with Crippen molar-refractivity contribution in [1.29, 1.82) is 0 Å².